The number of ketones is 1. The molecule has 1 N–H and O–H groups in total. The number of halogens is 2. The molecule has 0 spiro atoms. The van der Waals surface area contributed by atoms with Crippen LogP contribution in [0.15, 0.2) is 66.5 Å². The molecule has 1 fully saturated rings. The van der Waals surface area contributed by atoms with Crippen molar-refractivity contribution in [2.75, 3.05) is 12.0 Å². The molecule has 4 rings (SSSR count). The van der Waals surface area contributed by atoms with Crippen LogP contribution in [0.25, 0.3) is 5.76 Å². The molecular formula is C24H18F2N2O4. The van der Waals surface area contributed by atoms with Crippen LogP contribution in [0.4, 0.5) is 14.5 Å². The van der Waals surface area contributed by atoms with Crippen molar-refractivity contribution in [3.63, 3.8) is 0 Å². The number of carbonyl (C=O) groups excluding carboxylic acids is 2. The third kappa shape index (κ3) is 3.49. The van der Waals surface area contributed by atoms with Gasteiger partial charge >= 0.3 is 0 Å². The summed E-state index contributed by atoms with van der Waals surface area (Å²) in [7, 11) is 1.50. The molecule has 0 bridgehead atoms. The topological polar surface area (TPSA) is 79.7 Å². The number of aromatic nitrogens is 1. The summed E-state index contributed by atoms with van der Waals surface area (Å²) < 4.78 is 32.6. The summed E-state index contributed by atoms with van der Waals surface area (Å²) in [4.78, 5) is 31.1. The Labute approximate surface area is 182 Å². The SMILES string of the molecule is COc1ccc(/C(O)=C2\C(=O)C(=O)N(c3ccc(F)c(F)c3)C2c2cccnc2)c(C)c1. The molecule has 1 aromatic heterocycles. The average Bonchev–Trinajstić information content (AvgIpc) is 3.06. The third-order valence-electron chi connectivity index (χ3n) is 5.31. The molecule has 32 heavy (non-hydrogen) atoms. The molecule has 2 heterocycles. The van der Waals surface area contributed by atoms with E-state index < -0.39 is 29.4 Å². The van der Waals surface area contributed by atoms with Crippen LogP contribution in [-0.4, -0.2) is 28.9 Å². The van der Waals surface area contributed by atoms with Crippen LogP contribution in [0.1, 0.15) is 22.7 Å². The van der Waals surface area contributed by atoms with Gasteiger partial charge in [-0.15, -0.1) is 0 Å². The van der Waals surface area contributed by atoms with Gasteiger partial charge in [0.05, 0.1) is 18.7 Å². The molecule has 0 saturated carbocycles. The fourth-order valence-electron chi connectivity index (χ4n) is 3.76. The zero-order valence-corrected chi connectivity index (χ0v) is 17.2. The summed E-state index contributed by atoms with van der Waals surface area (Å²) in [5.74, 6) is -4.00. The lowest BCUT2D eigenvalue weighted by Crippen LogP contribution is -2.29. The largest absolute Gasteiger partial charge is 0.507 e. The van der Waals surface area contributed by atoms with E-state index >= 15 is 0 Å². The second-order valence-electron chi connectivity index (χ2n) is 7.23. The number of benzene rings is 2. The molecule has 1 unspecified atom stereocenters. The molecular weight excluding hydrogens is 418 g/mol. The van der Waals surface area contributed by atoms with Crippen molar-refractivity contribution in [3.8, 4) is 5.75 Å². The summed E-state index contributed by atoms with van der Waals surface area (Å²) in [6, 6.07) is 9.94. The highest BCUT2D eigenvalue weighted by atomic mass is 19.2. The Balaban J connectivity index is 1.95. The Kier molecular flexibility index (Phi) is 5.44. The lowest BCUT2D eigenvalue weighted by Gasteiger charge is -2.25. The number of anilines is 1. The molecule has 6 nitrogen and oxygen atoms in total. The molecule has 1 aliphatic heterocycles. The van der Waals surface area contributed by atoms with Crippen molar-refractivity contribution in [1.82, 2.24) is 4.98 Å². The number of nitrogens with zero attached hydrogens (tertiary/aromatic N) is 2. The number of carbonyl (C=O) groups is 2. The van der Waals surface area contributed by atoms with Gasteiger partial charge in [-0.2, -0.15) is 0 Å². The van der Waals surface area contributed by atoms with Crippen molar-refractivity contribution < 1.29 is 28.2 Å². The van der Waals surface area contributed by atoms with E-state index in [1.165, 1.54) is 25.6 Å². The fraction of sp³-hybridized carbons (Fsp3) is 0.125. The van der Waals surface area contributed by atoms with Gasteiger partial charge < -0.3 is 9.84 Å². The predicted molar refractivity (Wildman–Crippen MR) is 113 cm³/mol. The van der Waals surface area contributed by atoms with Crippen molar-refractivity contribution >= 4 is 23.1 Å². The highest BCUT2D eigenvalue weighted by molar-refractivity contribution is 6.51. The number of hydrogen-bond acceptors (Lipinski definition) is 5. The van der Waals surface area contributed by atoms with Gasteiger partial charge in [-0.25, -0.2) is 8.78 Å². The van der Waals surface area contributed by atoms with Gasteiger partial charge in [-0.3, -0.25) is 19.5 Å². The van der Waals surface area contributed by atoms with E-state index in [0.29, 0.717) is 22.4 Å². The zero-order valence-electron chi connectivity index (χ0n) is 17.2. The van der Waals surface area contributed by atoms with Gasteiger partial charge in [0.1, 0.15) is 11.5 Å². The van der Waals surface area contributed by atoms with E-state index in [2.05, 4.69) is 4.98 Å². The third-order valence-corrected chi connectivity index (χ3v) is 5.31. The summed E-state index contributed by atoms with van der Waals surface area (Å²) in [5, 5.41) is 11.1. The molecule has 1 aliphatic rings. The second kappa shape index (κ2) is 8.22. The standard InChI is InChI=1S/C24H18F2N2O4/c1-13-10-16(32-2)6-7-17(13)22(29)20-21(14-4-3-9-27-12-14)28(24(31)23(20)30)15-5-8-18(25)19(26)11-15/h3-12,21,29H,1-2H3/b22-20+. The summed E-state index contributed by atoms with van der Waals surface area (Å²) in [6.45, 7) is 1.72. The molecule has 2 aromatic carbocycles. The van der Waals surface area contributed by atoms with E-state index in [-0.39, 0.29) is 17.0 Å². The van der Waals surface area contributed by atoms with Crippen molar-refractivity contribution in [1.29, 1.82) is 0 Å². The van der Waals surface area contributed by atoms with E-state index in [4.69, 9.17) is 4.74 Å². The number of Topliss-reactive ketones (excluding diaryl/α,β-unsaturated/α-hetero) is 1. The smallest absolute Gasteiger partial charge is 0.300 e. The predicted octanol–water partition coefficient (Wildman–Crippen LogP) is 4.30. The van der Waals surface area contributed by atoms with Crippen molar-refractivity contribution in [3.05, 3.63) is 94.8 Å². The highest BCUT2D eigenvalue weighted by Gasteiger charge is 2.47. The number of rotatable bonds is 4. The first kappa shape index (κ1) is 21.2. The second-order valence-corrected chi connectivity index (χ2v) is 7.23. The number of methoxy groups -OCH3 is 1. The Morgan fingerprint density at radius 1 is 1.09 bits per heavy atom. The molecule has 8 heteroatoms. The number of aryl methyl sites for hydroxylation is 1. The molecule has 3 aromatic rings. The molecule has 0 radical (unpaired) electrons. The Bertz CT molecular complexity index is 1260. The molecule has 1 saturated heterocycles. The van der Waals surface area contributed by atoms with Gasteiger partial charge in [0, 0.05) is 29.7 Å². The normalized spacial score (nSPS) is 17.6. The van der Waals surface area contributed by atoms with Gasteiger partial charge in [-0.05, 0) is 54.4 Å². The maximum Gasteiger partial charge on any atom is 0.300 e. The maximum atomic E-state index is 13.9. The Morgan fingerprint density at radius 2 is 1.88 bits per heavy atom. The molecule has 162 valence electrons. The quantitative estimate of drug-likeness (QED) is 0.375. The van der Waals surface area contributed by atoms with E-state index in [0.717, 1.165) is 17.0 Å². The van der Waals surface area contributed by atoms with Gasteiger partial charge in [0.15, 0.2) is 11.6 Å². The van der Waals surface area contributed by atoms with Crippen molar-refractivity contribution in [2.45, 2.75) is 13.0 Å². The first-order chi connectivity index (χ1) is 15.3. The van der Waals surface area contributed by atoms with Crippen LogP contribution in [0, 0.1) is 18.6 Å². The highest BCUT2D eigenvalue weighted by Crippen LogP contribution is 2.42. The molecule has 1 atom stereocenters. The number of hydrogen-bond donors (Lipinski definition) is 1. The van der Waals surface area contributed by atoms with Crippen LogP contribution >= 0.6 is 0 Å². The number of ether oxygens (including phenoxy) is 1. The van der Waals surface area contributed by atoms with Crippen LogP contribution in [-0.2, 0) is 9.59 Å². The Morgan fingerprint density at radius 3 is 2.50 bits per heavy atom. The molecule has 1 amide bonds. The minimum Gasteiger partial charge on any atom is -0.507 e. The first-order valence-electron chi connectivity index (χ1n) is 9.64. The number of aliphatic hydroxyl groups is 1. The summed E-state index contributed by atoms with van der Waals surface area (Å²) in [5.41, 5.74) is 1.17. The van der Waals surface area contributed by atoms with Gasteiger partial charge in [-0.1, -0.05) is 6.07 Å². The monoisotopic (exact) mass is 436 g/mol. The first-order valence-corrected chi connectivity index (χ1v) is 9.64. The van der Waals surface area contributed by atoms with Crippen LogP contribution in [0.5, 0.6) is 5.75 Å². The number of pyridine rings is 1. The lowest BCUT2D eigenvalue weighted by molar-refractivity contribution is -0.132. The van der Waals surface area contributed by atoms with E-state index in [9.17, 15) is 23.5 Å². The van der Waals surface area contributed by atoms with Gasteiger partial charge in [0.25, 0.3) is 11.7 Å². The van der Waals surface area contributed by atoms with E-state index in [1.807, 2.05) is 0 Å². The minimum absolute atomic E-state index is 0.0228. The molecule has 0 aliphatic carbocycles. The number of amides is 1. The lowest BCUT2D eigenvalue weighted by atomic mass is 9.94. The maximum absolute atomic E-state index is 13.9. The zero-order chi connectivity index (χ0) is 23.0. The van der Waals surface area contributed by atoms with Gasteiger partial charge in [0.2, 0.25) is 0 Å². The van der Waals surface area contributed by atoms with Crippen LogP contribution in [0.2, 0.25) is 0 Å². The summed E-state index contributed by atoms with van der Waals surface area (Å²) in [6.07, 6.45) is 2.96. The minimum atomic E-state index is -1.17. The summed E-state index contributed by atoms with van der Waals surface area (Å²) >= 11 is 0. The average molecular weight is 436 g/mol. The fourth-order valence-corrected chi connectivity index (χ4v) is 3.76. The van der Waals surface area contributed by atoms with Crippen molar-refractivity contribution in [2.24, 2.45) is 0 Å². The van der Waals surface area contributed by atoms with E-state index in [1.54, 1.807) is 37.3 Å². The van der Waals surface area contributed by atoms with Crippen LogP contribution < -0.4 is 9.64 Å². The number of aliphatic hydroxyl groups excluding tert-OH is 1. The van der Waals surface area contributed by atoms with Crippen LogP contribution in [0.3, 0.4) is 0 Å². The Hall–Kier alpha value is -4.07.